The number of amides is 1. The first-order chi connectivity index (χ1) is 8.07. The van der Waals surface area contributed by atoms with Crippen molar-refractivity contribution in [3.05, 3.63) is 0 Å². The molecule has 0 aromatic rings. The van der Waals surface area contributed by atoms with Crippen molar-refractivity contribution in [2.24, 2.45) is 5.92 Å². The minimum atomic E-state index is 0.00402. The fourth-order valence-electron chi connectivity index (χ4n) is 1.54. The van der Waals surface area contributed by atoms with Gasteiger partial charge in [0.15, 0.2) is 5.78 Å². The van der Waals surface area contributed by atoms with Crippen molar-refractivity contribution in [2.75, 3.05) is 6.54 Å². The molecule has 0 bridgehead atoms. The molecule has 0 spiro atoms. The Bertz CT molecular complexity index is 224. The average molecular weight is 241 g/mol. The van der Waals surface area contributed by atoms with Gasteiger partial charge in [-0.3, -0.25) is 9.59 Å². The molecular formula is C14H27NO2. The van der Waals surface area contributed by atoms with Crippen molar-refractivity contribution in [1.82, 2.24) is 5.32 Å². The number of carbonyl (C=O) groups is 2. The largest absolute Gasteiger partial charge is 0.349 e. The molecule has 17 heavy (non-hydrogen) atoms. The second-order valence-corrected chi connectivity index (χ2v) is 4.92. The molecule has 0 radical (unpaired) electrons. The number of nitrogens with one attached hydrogen (secondary N) is 1. The zero-order chi connectivity index (χ0) is 13.1. The van der Waals surface area contributed by atoms with Crippen LogP contribution in [-0.4, -0.2) is 18.2 Å². The van der Waals surface area contributed by atoms with Gasteiger partial charge >= 0.3 is 0 Å². The molecule has 0 rings (SSSR count). The summed E-state index contributed by atoms with van der Waals surface area (Å²) in [6.07, 6.45) is 7.62. The number of unbranched alkanes of at least 4 members (excludes halogenated alkanes) is 5. The highest BCUT2D eigenvalue weighted by molar-refractivity contribution is 5.87. The first kappa shape index (κ1) is 16.1. The Labute approximate surface area is 105 Å². The fraction of sp³-hybridized carbons (Fsp3) is 0.857. The minimum Gasteiger partial charge on any atom is -0.349 e. The maximum Gasteiger partial charge on any atom is 0.220 e. The summed E-state index contributed by atoms with van der Waals surface area (Å²) in [4.78, 5) is 22.7. The van der Waals surface area contributed by atoms with Gasteiger partial charge in [-0.1, -0.05) is 52.9 Å². The molecule has 0 aromatic heterocycles. The van der Waals surface area contributed by atoms with Crippen molar-refractivity contribution >= 4 is 11.7 Å². The Morgan fingerprint density at radius 3 is 2.18 bits per heavy atom. The van der Waals surface area contributed by atoms with Crippen molar-refractivity contribution in [2.45, 2.75) is 65.7 Å². The standard InChI is InChI=1S/C14H27NO2/c1-4-5-6-7-8-9-10-14(17)15-11-13(16)12(2)3/h12H,4-11H2,1-3H3,(H,15,17). The zero-order valence-corrected chi connectivity index (χ0v) is 11.6. The monoisotopic (exact) mass is 241 g/mol. The highest BCUT2D eigenvalue weighted by Crippen LogP contribution is 2.06. The van der Waals surface area contributed by atoms with E-state index < -0.39 is 0 Å². The van der Waals surface area contributed by atoms with E-state index in [0.717, 1.165) is 12.8 Å². The van der Waals surface area contributed by atoms with Crippen LogP contribution in [-0.2, 0) is 9.59 Å². The number of rotatable bonds is 10. The summed E-state index contributed by atoms with van der Waals surface area (Å²) in [7, 11) is 0. The number of Topliss-reactive ketones (excluding diaryl/α,β-unsaturated/α-hetero) is 1. The van der Waals surface area contributed by atoms with Crippen LogP contribution in [0.2, 0.25) is 0 Å². The van der Waals surface area contributed by atoms with Crippen LogP contribution >= 0.6 is 0 Å². The fourth-order valence-corrected chi connectivity index (χ4v) is 1.54. The maximum atomic E-state index is 11.4. The molecule has 0 aliphatic rings. The number of hydrogen-bond donors (Lipinski definition) is 1. The van der Waals surface area contributed by atoms with Crippen LogP contribution in [0.25, 0.3) is 0 Å². The van der Waals surface area contributed by atoms with E-state index in [1.54, 1.807) is 0 Å². The molecule has 0 saturated carbocycles. The zero-order valence-electron chi connectivity index (χ0n) is 11.6. The molecule has 0 atom stereocenters. The third-order valence-electron chi connectivity index (χ3n) is 2.86. The van der Waals surface area contributed by atoms with Crippen molar-refractivity contribution in [3.8, 4) is 0 Å². The van der Waals surface area contributed by atoms with E-state index in [1.807, 2.05) is 13.8 Å². The second kappa shape index (κ2) is 10.3. The topological polar surface area (TPSA) is 46.2 Å². The molecule has 0 heterocycles. The Hall–Kier alpha value is -0.860. The van der Waals surface area contributed by atoms with Gasteiger partial charge in [-0.15, -0.1) is 0 Å². The molecule has 0 aromatic carbocycles. The van der Waals surface area contributed by atoms with Crippen LogP contribution in [0.5, 0.6) is 0 Å². The van der Waals surface area contributed by atoms with Crippen molar-refractivity contribution in [1.29, 1.82) is 0 Å². The lowest BCUT2D eigenvalue weighted by molar-refractivity contribution is -0.126. The molecule has 1 amide bonds. The van der Waals surface area contributed by atoms with Gasteiger partial charge in [0, 0.05) is 12.3 Å². The van der Waals surface area contributed by atoms with E-state index in [2.05, 4.69) is 12.2 Å². The second-order valence-electron chi connectivity index (χ2n) is 4.92. The molecule has 0 aliphatic carbocycles. The van der Waals surface area contributed by atoms with Crippen LogP contribution < -0.4 is 5.32 Å². The number of carbonyl (C=O) groups excluding carboxylic acids is 2. The molecule has 0 aliphatic heterocycles. The van der Waals surface area contributed by atoms with E-state index in [0.29, 0.717) is 6.42 Å². The Morgan fingerprint density at radius 1 is 1.00 bits per heavy atom. The van der Waals surface area contributed by atoms with Gasteiger partial charge in [0.2, 0.25) is 5.91 Å². The van der Waals surface area contributed by atoms with Crippen LogP contribution in [0.3, 0.4) is 0 Å². The van der Waals surface area contributed by atoms with E-state index >= 15 is 0 Å². The average Bonchev–Trinajstić information content (AvgIpc) is 2.30. The predicted molar refractivity (Wildman–Crippen MR) is 70.8 cm³/mol. The van der Waals surface area contributed by atoms with Gasteiger partial charge < -0.3 is 5.32 Å². The first-order valence-electron chi connectivity index (χ1n) is 6.87. The summed E-state index contributed by atoms with van der Waals surface area (Å²) in [5.41, 5.74) is 0. The lowest BCUT2D eigenvalue weighted by atomic mass is 10.1. The van der Waals surface area contributed by atoms with Gasteiger partial charge in [0.1, 0.15) is 0 Å². The quantitative estimate of drug-likeness (QED) is 0.597. The maximum absolute atomic E-state index is 11.4. The third-order valence-corrected chi connectivity index (χ3v) is 2.86. The van der Waals surface area contributed by atoms with E-state index in [4.69, 9.17) is 0 Å². The van der Waals surface area contributed by atoms with Crippen LogP contribution in [0, 0.1) is 5.92 Å². The molecule has 0 fully saturated rings. The lowest BCUT2D eigenvalue weighted by Gasteiger charge is -2.06. The summed E-state index contributed by atoms with van der Waals surface area (Å²) in [6.45, 7) is 6.08. The summed E-state index contributed by atoms with van der Waals surface area (Å²) < 4.78 is 0. The lowest BCUT2D eigenvalue weighted by Crippen LogP contribution is -2.31. The number of ketones is 1. The summed E-state index contributed by atoms with van der Waals surface area (Å²) in [6, 6.07) is 0. The van der Waals surface area contributed by atoms with Gasteiger partial charge in [0.25, 0.3) is 0 Å². The highest BCUT2D eigenvalue weighted by Gasteiger charge is 2.08. The van der Waals surface area contributed by atoms with Gasteiger partial charge in [0.05, 0.1) is 6.54 Å². The molecule has 100 valence electrons. The molecule has 1 N–H and O–H groups in total. The first-order valence-corrected chi connectivity index (χ1v) is 6.87. The molecule has 0 saturated heterocycles. The normalized spacial score (nSPS) is 10.6. The highest BCUT2D eigenvalue weighted by atomic mass is 16.2. The Kier molecular flexibility index (Phi) is 9.78. The van der Waals surface area contributed by atoms with Gasteiger partial charge in [-0.2, -0.15) is 0 Å². The van der Waals surface area contributed by atoms with E-state index in [-0.39, 0.29) is 24.2 Å². The Balaban J connectivity index is 3.38. The minimum absolute atomic E-state index is 0.00402. The summed E-state index contributed by atoms with van der Waals surface area (Å²) in [5, 5.41) is 2.68. The van der Waals surface area contributed by atoms with E-state index in [1.165, 1.54) is 25.7 Å². The molecule has 3 nitrogen and oxygen atoms in total. The van der Waals surface area contributed by atoms with Crippen LogP contribution in [0.4, 0.5) is 0 Å². The Morgan fingerprint density at radius 2 is 1.59 bits per heavy atom. The summed E-state index contributed by atoms with van der Waals surface area (Å²) >= 11 is 0. The smallest absolute Gasteiger partial charge is 0.220 e. The summed E-state index contributed by atoms with van der Waals surface area (Å²) in [5.74, 6) is 0.111. The molecule has 3 heteroatoms. The SMILES string of the molecule is CCCCCCCCC(=O)NCC(=O)C(C)C. The van der Waals surface area contributed by atoms with Crippen molar-refractivity contribution in [3.63, 3.8) is 0 Å². The van der Waals surface area contributed by atoms with Gasteiger partial charge in [-0.05, 0) is 6.42 Å². The van der Waals surface area contributed by atoms with Crippen LogP contribution in [0.15, 0.2) is 0 Å². The van der Waals surface area contributed by atoms with Crippen molar-refractivity contribution < 1.29 is 9.59 Å². The van der Waals surface area contributed by atoms with Crippen LogP contribution in [0.1, 0.15) is 65.7 Å². The number of hydrogen-bond acceptors (Lipinski definition) is 2. The third kappa shape index (κ3) is 10.0. The van der Waals surface area contributed by atoms with E-state index in [9.17, 15) is 9.59 Å². The molecular weight excluding hydrogens is 214 g/mol. The predicted octanol–water partition coefficient (Wildman–Crippen LogP) is 3.08. The molecule has 0 unspecified atom stereocenters. The van der Waals surface area contributed by atoms with Gasteiger partial charge in [-0.25, -0.2) is 0 Å².